The number of Topliss-reactive ketones (excluding diaryl/α,β-unsaturated/α-hetero) is 1. The Bertz CT molecular complexity index is 810. The smallest absolute Gasteiger partial charge is 0.261 e. The molecule has 25 heavy (non-hydrogen) atoms. The van der Waals surface area contributed by atoms with E-state index in [-0.39, 0.29) is 18.9 Å². The van der Waals surface area contributed by atoms with Gasteiger partial charge in [-0.05, 0) is 31.2 Å². The van der Waals surface area contributed by atoms with Gasteiger partial charge in [0.1, 0.15) is 18.5 Å². The minimum absolute atomic E-state index is 0.0861. The molecule has 0 saturated heterocycles. The average Bonchev–Trinajstić information content (AvgIpc) is 2.85. The number of ether oxygens (including phenoxy) is 1. The fraction of sp³-hybridized carbons (Fsp3) is 0.211. The van der Waals surface area contributed by atoms with E-state index in [9.17, 15) is 19.5 Å². The van der Waals surface area contributed by atoms with Crippen LogP contribution in [-0.2, 0) is 0 Å². The number of hydrogen-bond acceptors (Lipinski definition) is 5. The zero-order valence-electron chi connectivity index (χ0n) is 13.6. The lowest BCUT2D eigenvalue weighted by Gasteiger charge is -2.19. The first-order valence-electron chi connectivity index (χ1n) is 7.84. The Morgan fingerprint density at radius 3 is 2.32 bits per heavy atom. The summed E-state index contributed by atoms with van der Waals surface area (Å²) in [6.45, 7) is 1.20. The van der Waals surface area contributed by atoms with Crippen LogP contribution in [0.5, 0.6) is 5.75 Å². The Morgan fingerprint density at radius 2 is 1.72 bits per heavy atom. The molecule has 0 fully saturated rings. The number of amides is 2. The molecule has 3 rings (SSSR count). The van der Waals surface area contributed by atoms with Gasteiger partial charge < -0.3 is 9.84 Å². The molecule has 0 aliphatic carbocycles. The zero-order chi connectivity index (χ0) is 18.0. The fourth-order valence-corrected chi connectivity index (χ4v) is 2.67. The Hall–Kier alpha value is -2.99. The largest absolute Gasteiger partial charge is 0.491 e. The minimum Gasteiger partial charge on any atom is -0.491 e. The summed E-state index contributed by atoms with van der Waals surface area (Å²) in [5.41, 5.74) is 1.19. The van der Waals surface area contributed by atoms with Crippen LogP contribution in [0.15, 0.2) is 48.5 Å². The SMILES string of the molecule is CC(=O)c1cccc(OCC(O)CN2C(=O)c3ccccc3C2=O)c1. The van der Waals surface area contributed by atoms with Gasteiger partial charge in [0.15, 0.2) is 5.78 Å². The second-order valence-corrected chi connectivity index (χ2v) is 5.82. The van der Waals surface area contributed by atoms with E-state index in [1.165, 1.54) is 6.92 Å². The maximum Gasteiger partial charge on any atom is 0.261 e. The first-order valence-corrected chi connectivity index (χ1v) is 7.84. The molecule has 1 aliphatic rings. The van der Waals surface area contributed by atoms with Gasteiger partial charge in [0.05, 0.1) is 17.7 Å². The Labute approximate surface area is 144 Å². The lowest BCUT2D eigenvalue weighted by atomic mass is 10.1. The van der Waals surface area contributed by atoms with Crippen molar-refractivity contribution in [2.45, 2.75) is 13.0 Å². The second-order valence-electron chi connectivity index (χ2n) is 5.82. The highest BCUT2D eigenvalue weighted by atomic mass is 16.5. The Kier molecular flexibility index (Phi) is 4.63. The second kappa shape index (κ2) is 6.86. The highest BCUT2D eigenvalue weighted by Crippen LogP contribution is 2.22. The van der Waals surface area contributed by atoms with E-state index < -0.39 is 17.9 Å². The zero-order valence-corrected chi connectivity index (χ0v) is 13.6. The van der Waals surface area contributed by atoms with Crippen molar-refractivity contribution in [3.8, 4) is 5.75 Å². The van der Waals surface area contributed by atoms with E-state index in [0.29, 0.717) is 22.4 Å². The molecule has 128 valence electrons. The number of carbonyl (C=O) groups excluding carboxylic acids is 3. The summed E-state index contributed by atoms with van der Waals surface area (Å²) in [5, 5.41) is 10.1. The topological polar surface area (TPSA) is 83.9 Å². The highest BCUT2D eigenvalue weighted by molar-refractivity contribution is 6.21. The van der Waals surface area contributed by atoms with Crippen LogP contribution in [0.3, 0.4) is 0 Å². The van der Waals surface area contributed by atoms with Gasteiger partial charge in [-0.15, -0.1) is 0 Å². The number of carbonyl (C=O) groups is 3. The molecule has 0 radical (unpaired) electrons. The number of hydrogen-bond donors (Lipinski definition) is 1. The van der Waals surface area contributed by atoms with Crippen molar-refractivity contribution < 1.29 is 24.2 Å². The van der Waals surface area contributed by atoms with Crippen molar-refractivity contribution in [3.05, 3.63) is 65.2 Å². The Morgan fingerprint density at radius 1 is 1.08 bits per heavy atom. The quantitative estimate of drug-likeness (QED) is 0.642. The van der Waals surface area contributed by atoms with Crippen molar-refractivity contribution >= 4 is 17.6 Å². The van der Waals surface area contributed by atoms with Crippen molar-refractivity contribution in [1.29, 1.82) is 0 Å². The molecule has 2 aromatic rings. The van der Waals surface area contributed by atoms with Crippen LogP contribution in [0.1, 0.15) is 38.0 Å². The number of rotatable bonds is 6. The first-order chi connectivity index (χ1) is 12.0. The van der Waals surface area contributed by atoms with E-state index in [1.807, 2.05) is 0 Å². The number of aliphatic hydroxyl groups is 1. The summed E-state index contributed by atoms with van der Waals surface area (Å²) >= 11 is 0. The van der Waals surface area contributed by atoms with Crippen molar-refractivity contribution in [3.63, 3.8) is 0 Å². The summed E-state index contributed by atoms with van der Waals surface area (Å²) in [5.74, 6) is -0.484. The van der Waals surface area contributed by atoms with E-state index in [1.54, 1.807) is 48.5 Å². The third kappa shape index (κ3) is 3.44. The van der Waals surface area contributed by atoms with E-state index >= 15 is 0 Å². The minimum atomic E-state index is -1.04. The Balaban J connectivity index is 1.61. The van der Waals surface area contributed by atoms with Crippen molar-refractivity contribution in [2.24, 2.45) is 0 Å². The van der Waals surface area contributed by atoms with Gasteiger partial charge in [0, 0.05) is 5.56 Å². The highest BCUT2D eigenvalue weighted by Gasteiger charge is 2.36. The molecule has 2 amide bonds. The molecule has 0 spiro atoms. The van der Waals surface area contributed by atoms with Gasteiger partial charge in [-0.25, -0.2) is 0 Å². The number of ketones is 1. The molecular formula is C19H17NO5. The molecule has 0 aromatic heterocycles. The average molecular weight is 339 g/mol. The van der Waals surface area contributed by atoms with Crippen LogP contribution >= 0.6 is 0 Å². The van der Waals surface area contributed by atoms with Gasteiger partial charge >= 0.3 is 0 Å². The number of imide groups is 1. The molecule has 1 atom stereocenters. The third-order valence-electron chi connectivity index (χ3n) is 3.95. The lowest BCUT2D eigenvalue weighted by Crippen LogP contribution is -2.39. The summed E-state index contributed by atoms with van der Waals surface area (Å²) in [7, 11) is 0. The van der Waals surface area contributed by atoms with Crippen LogP contribution in [0, 0.1) is 0 Å². The van der Waals surface area contributed by atoms with Gasteiger partial charge in [-0.1, -0.05) is 24.3 Å². The molecule has 1 unspecified atom stereocenters. The van der Waals surface area contributed by atoms with E-state index in [2.05, 4.69) is 0 Å². The molecule has 1 heterocycles. The predicted molar refractivity (Wildman–Crippen MR) is 89.8 cm³/mol. The lowest BCUT2D eigenvalue weighted by molar-refractivity contribution is 0.0456. The number of β-amino-alcohol motifs (C(OH)–C–C–N with tert-alkyl or cyclic N) is 1. The number of nitrogens with zero attached hydrogens (tertiary/aromatic N) is 1. The molecule has 1 N–H and O–H groups in total. The number of aliphatic hydroxyl groups excluding tert-OH is 1. The van der Waals surface area contributed by atoms with Crippen LogP contribution in [0.4, 0.5) is 0 Å². The molecule has 2 aromatic carbocycles. The van der Waals surface area contributed by atoms with E-state index in [0.717, 1.165) is 4.90 Å². The van der Waals surface area contributed by atoms with Crippen LogP contribution in [0.2, 0.25) is 0 Å². The van der Waals surface area contributed by atoms with Crippen LogP contribution < -0.4 is 4.74 Å². The summed E-state index contributed by atoms with van der Waals surface area (Å²) in [4.78, 5) is 36.9. The molecule has 0 saturated carbocycles. The molecular weight excluding hydrogens is 322 g/mol. The number of fused-ring (bicyclic) bond motifs is 1. The normalized spacial score (nSPS) is 14.4. The summed E-state index contributed by atoms with van der Waals surface area (Å²) in [6, 6.07) is 13.2. The standard InChI is InChI=1S/C19H17NO5/c1-12(21)13-5-4-6-15(9-13)25-11-14(22)10-20-18(23)16-7-2-3-8-17(16)19(20)24/h2-9,14,22H,10-11H2,1H3. The van der Waals surface area contributed by atoms with Gasteiger partial charge in [-0.3, -0.25) is 19.3 Å². The van der Waals surface area contributed by atoms with Crippen molar-refractivity contribution in [2.75, 3.05) is 13.2 Å². The first kappa shape index (κ1) is 16.9. The third-order valence-corrected chi connectivity index (χ3v) is 3.95. The van der Waals surface area contributed by atoms with E-state index in [4.69, 9.17) is 4.74 Å². The predicted octanol–water partition coefficient (Wildman–Crippen LogP) is 1.93. The maximum atomic E-state index is 12.3. The summed E-state index contributed by atoms with van der Waals surface area (Å²) < 4.78 is 5.47. The van der Waals surface area contributed by atoms with Crippen LogP contribution in [0.25, 0.3) is 0 Å². The fourth-order valence-electron chi connectivity index (χ4n) is 2.67. The molecule has 1 aliphatic heterocycles. The molecule has 6 nitrogen and oxygen atoms in total. The van der Waals surface area contributed by atoms with Crippen LogP contribution in [-0.4, -0.2) is 46.9 Å². The summed E-state index contributed by atoms with van der Waals surface area (Å²) in [6.07, 6.45) is -1.04. The van der Waals surface area contributed by atoms with Gasteiger partial charge in [-0.2, -0.15) is 0 Å². The maximum absolute atomic E-state index is 12.3. The molecule has 0 bridgehead atoms. The monoisotopic (exact) mass is 339 g/mol. The van der Waals surface area contributed by atoms with Gasteiger partial charge in [0.2, 0.25) is 0 Å². The van der Waals surface area contributed by atoms with Gasteiger partial charge in [0.25, 0.3) is 11.8 Å². The van der Waals surface area contributed by atoms with Crippen molar-refractivity contribution in [1.82, 2.24) is 4.90 Å². The number of benzene rings is 2. The molecule has 6 heteroatoms.